The predicted octanol–water partition coefficient (Wildman–Crippen LogP) is 1.21. The van der Waals surface area contributed by atoms with E-state index < -0.39 is 83.5 Å². The molecule has 0 spiro atoms. The van der Waals surface area contributed by atoms with Gasteiger partial charge in [0.1, 0.15) is 35.5 Å². The van der Waals surface area contributed by atoms with Gasteiger partial charge in [0, 0.05) is 25.6 Å². The molecule has 0 bridgehead atoms. The van der Waals surface area contributed by atoms with E-state index in [4.69, 9.17) is 27.7 Å². The van der Waals surface area contributed by atoms with Gasteiger partial charge >= 0.3 is 12.1 Å². The van der Waals surface area contributed by atoms with Crippen LogP contribution in [0.5, 0.6) is 5.75 Å². The number of aliphatic carboxylic acids is 1. The van der Waals surface area contributed by atoms with Gasteiger partial charge in [0.2, 0.25) is 23.6 Å². The zero-order valence-corrected chi connectivity index (χ0v) is 39.0. The van der Waals surface area contributed by atoms with Crippen molar-refractivity contribution in [3.8, 4) is 5.75 Å². The minimum atomic E-state index is -1.21. The number of hydrogen-bond acceptors (Lipinski definition) is 12. The maximum absolute atomic E-state index is 14.3. The van der Waals surface area contributed by atoms with Gasteiger partial charge in [-0.15, -0.1) is 0 Å². The van der Waals surface area contributed by atoms with Gasteiger partial charge in [0.15, 0.2) is 5.96 Å². The van der Waals surface area contributed by atoms with E-state index >= 15 is 0 Å². The number of aromatic hydroxyl groups is 1. The Morgan fingerprint density at radius 2 is 1.28 bits per heavy atom. The van der Waals surface area contributed by atoms with Crippen LogP contribution < -0.4 is 54.8 Å². The third-order valence-corrected chi connectivity index (χ3v) is 10.3. The van der Waals surface area contributed by atoms with Crippen LogP contribution in [0.1, 0.15) is 118 Å². The number of phenols is 1. The molecule has 1 aromatic carbocycles. The minimum Gasteiger partial charge on any atom is -0.508 e. The van der Waals surface area contributed by atoms with Gasteiger partial charge in [-0.3, -0.25) is 24.2 Å². The first-order valence-corrected chi connectivity index (χ1v) is 22.5. The quantitative estimate of drug-likeness (QED) is 0.0283. The second kappa shape index (κ2) is 30.0. The number of nitrogens with one attached hydrogen (secondary N) is 6. The number of benzene rings is 1. The Morgan fingerprint density at radius 3 is 1.83 bits per heavy atom. The molecule has 7 atom stereocenters. The Hall–Kier alpha value is -5.21. The highest BCUT2D eigenvalue weighted by Crippen LogP contribution is 2.15. The number of carbonyl (C=O) groups excluding carboxylic acids is 5. The van der Waals surface area contributed by atoms with Crippen LogP contribution in [0.25, 0.3) is 0 Å². The van der Waals surface area contributed by atoms with Crippen molar-refractivity contribution in [2.75, 3.05) is 26.2 Å². The second-order valence-electron chi connectivity index (χ2n) is 17.7. The van der Waals surface area contributed by atoms with Gasteiger partial charge in [0.25, 0.3) is 0 Å². The van der Waals surface area contributed by atoms with Crippen LogP contribution in [-0.4, -0.2) is 120 Å². The SMILES string of the molecule is CC[C@H](C)[C@H](NC(=O)[C@H](Cc1ccc(O)cc1)NC(=O)[C@H](CCCCN)NC[C@H](CCCCN)NC(=O)[C@H](CCCN=C(N)N)NC(=O)OC(C)(C)C)C(=O)N[C@@H](CC(C)C)C(=O)O. The van der Waals surface area contributed by atoms with Crippen molar-refractivity contribution in [3.63, 3.8) is 0 Å². The lowest BCUT2D eigenvalue weighted by Crippen LogP contribution is -2.60. The first kappa shape index (κ1) is 56.8. The van der Waals surface area contributed by atoms with Crippen LogP contribution in [0.15, 0.2) is 29.3 Å². The maximum Gasteiger partial charge on any atom is 0.408 e. The Labute approximate surface area is 379 Å². The molecule has 0 saturated heterocycles. The number of carboxylic acids is 1. The van der Waals surface area contributed by atoms with Crippen molar-refractivity contribution >= 4 is 41.7 Å². The number of alkyl carbamates (subject to hydrolysis) is 1. The van der Waals surface area contributed by atoms with Crippen LogP contribution in [-0.2, 0) is 35.1 Å². The molecular formula is C44H79N11O9. The van der Waals surface area contributed by atoms with Gasteiger partial charge in [-0.2, -0.15) is 0 Å². The molecule has 0 aliphatic rings. The molecule has 64 heavy (non-hydrogen) atoms. The summed E-state index contributed by atoms with van der Waals surface area (Å²) in [5.74, 6) is -4.07. The molecule has 5 amide bonds. The number of nitrogens with two attached hydrogens (primary N) is 4. The molecular weight excluding hydrogens is 827 g/mol. The van der Waals surface area contributed by atoms with E-state index in [-0.39, 0.29) is 50.0 Å². The summed E-state index contributed by atoms with van der Waals surface area (Å²) in [4.78, 5) is 84.8. The number of phenolic OH excluding ortho intramolecular Hbond substituents is 1. The molecule has 0 aromatic heterocycles. The topological polar surface area (TPSA) is 341 Å². The van der Waals surface area contributed by atoms with E-state index in [1.807, 2.05) is 20.8 Å². The van der Waals surface area contributed by atoms with E-state index in [0.29, 0.717) is 70.0 Å². The Bertz CT molecular complexity index is 1620. The Kier molecular flexibility index (Phi) is 26.6. The third-order valence-electron chi connectivity index (χ3n) is 10.3. The molecule has 0 heterocycles. The van der Waals surface area contributed by atoms with Gasteiger partial charge in [0.05, 0.1) is 6.04 Å². The smallest absolute Gasteiger partial charge is 0.408 e. The fraction of sp³-hybridized carbons (Fsp3) is 0.705. The molecule has 0 fully saturated rings. The molecule has 20 heteroatoms. The lowest BCUT2D eigenvalue weighted by molar-refractivity contribution is -0.143. The number of ether oxygens (including phenoxy) is 1. The van der Waals surface area contributed by atoms with Gasteiger partial charge in [-0.1, -0.05) is 59.1 Å². The lowest BCUT2D eigenvalue weighted by atomic mass is 9.96. The number of rotatable bonds is 31. The van der Waals surface area contributed by atoms with E-state index in [2.05, 4.69) is 36.9 Å². The van der Waals surface area contributed by atoms with Crippen molar-refractivity contribution in [1.82, 2.24) is 31.9 Å². The van der Waals surface area contributed by atoms with Crippen molar-refractivity contribution in [1.29, 1.82) is 0 Å². The second-order valence-corrected chi connectivity index (χ2v) is 17.7. The highest BCUT2D eigenvalue weighted by atomic mass is 16.6. The van der Waals surface area contributed by atoms with Gasteiger partial charge < -0.3 is 69.8 Å². The predicted molar refractivity (Wildman–Crippen MR) is 247 cm³/mol. The number of amides is 5. The fourth-order valence-electron chi connectivity index (χ4n) is 6.65. The summed E-state index contributed by atoms with van der Waals surface area (Å²) >= 11 is 0. The molecule has 0 aliphatic heterocycles. The van der Waals surface area contributed by atoms with Crippen molar-refractivity contribution < 1.29 is 43.7 Å². The molecule has 20 nitrogen and oxygen atoms in total. The zero-order chi connectivity index (χ0) is 48.4. The Balaban J connectivity index is 3.48. The number of carbonyl (C=O) groups is 6. The molecule has 0 radical (unpaired) electrons. The molecule has 0 aliphatic carbocycles. The van der Waals surface area contributed by atoms with E-state index in [1.54, 1.807) is 39.8 Å². The van der Waals surface area contributed by atoms with Crippen LogP contribution in [0.3, 0.4) is 0 Å². The first-order chi connectivity index (χ1) is 30.1. The maximum atomic E-state index is 14.3. The van der Waals surface area contributed by atoms with Crippen molar-refractivity contribution in [2.45, 2.75) is 161 Å². The standard InChI is InChI=1S/C44H79N11O9/c1-8-28(4)36(40(60)53-35(41(61)62)24-27(2)3)55-39(59)34(25-29-17-19-31(56)20-18-29)52-37(57)32(15-10-12-22-46)50-26-30(14-9-11-21-45)51-38(58)33(16-13-23-49-42(47)48)54-43(63)64-44(5,6)7/h17-20,27-28,30,32-36,50,56H,8-16,21-26,45-46H2,1-7H3,(H,51,58)(H,52,57)(H,53,60)(H,54,63)(H,55,59)(H,61,62)(H4,47,48,49)/t28-,30-,32-,33-,34-,35-,36-/m0/s1. The summed E-state index contributed by atoms with van der Waals surface area (Å²) in [5, 5.41) is 37.0. The van der Waals surface area contributed by atoms with Crippen LogP contribution in [0.2, 0.25) is 0 Å². The van der Waals surface area contributed by atoms with Crippen LogP contribution >= 0.6 is 0 Å². The summed E-state index contributed by atoms with van der Waals surface area (Å²) in [6.45, 7) is 13.6. The minimum absolute atomic E-state index is 0.00633. The summed E-state index contributed by atoms with van der Waals surface area (Å²) in [6.07, 6.45) is 3.70. The molecule has 1 aromatic rings. The monoisotopic (exact) mass is 906 g/mol. The number of aliphatic imine (C=N–C) groups is 1. The largest absolute Gasteiger partial charge is 0.508 e. The average Bonchev–Trinajstić information content (AvgIpc) is 3.20. The van der Waals surface area contributed by atoms with E-state index in [1.165, 1.54) is 12.1 Å². The number of guanidine groups is 1. The van der Waals surface area contributed by atoms with E-state index in [0.717, 1.165) is 0 Å². The zero-order valence-electron chi connectivity index (χ0n) is 39.0. The molecule has 364 valence electrons. The Morgan fingerprint density at radius 1 is 0.719 bits per heavy atom. The fourth-order valence-corrected chi connectivity index (χ4v) is 6.65. The van der Waals surface area contributed by atoms with Gasteiger partial charge in [-0.25, -0.2) is 9.59 Å². The first-order valence-electron chi connectivity index (χ1n) is 22.5. The van der Waals surface area contributed by atoms with Crippen LogP contribution in [0.4, 0.5) is 4.79 Å². The molecule has 1 rings (SSSR count). The number of unbranched alkanes of at least 4 members (excludes halogenated alkanes) is 2. The van der Waals surface area contributed by atoms with Crippen molar-refractivity contribution in [3.05, 3.63) is 29.8 Å². The summed E-state index contributed by atoms with van der Waals surface area (Å²) < 4.78 is 5.42. The normalized spacial score (nSPS) is 14.7. The number of nitrogens with zero attached hydrogens (tertiary/aromatic N) is 1. The van der Waals surface area contributed by atoms with Crippen LogP contribution in [0, 0.1) is 11.8 Å². The summed E-state index contributed by atoms with van der Waals surface area (Å²) in [7, 11) is 0. The molecule has 0 unspecified atom stereocenters. The summed E-state index contributed by atoms with van der Waals surface area (Å²) in [6, 6.07) is 0.232. The highest BCUT2D eigenvalue weighted by molar-refractivity contribution is 5.94. The molecule has 16 N–H and O–H groups in total. The lowest BCUT2D eigenvalue weighted by Gasteiger charge is -2.29. The van der Waals surface area contributed by atoms with Crippen molar-refractivity contribution in [2.24, 2.45) is 39.8 Å². The van der Waals surface area contributed by atoms with Gasteiger partial charge in [-0.05, 0) is 108 Å². The number of carboxylic acid groups (broad SMARTS) is 1. The van der Waals surface area contributed by atoms with E-state index in [9.17, 15) is 39.0 Å². The third kappa shape index (κ3) is 24.0. The summed E-state index contributed by atoms with van der Waals surface area (Å²) in [5.41, 5.74) is 22.3. The molecule has 0 saturated carbocycles. The number of hydrogen-bond donors (Lipinski definition) is 12. The highest BCUT2D eigenvalue weighted by Gasteiger charge is 2.34. The average molecular weight is 906 g/mol.